The van der Waals surface area contributed by atoms with Crippen molar-refractivity contribution in [3.05, 3.63) is 53.9 Å². The average molecular weight is 263 g/mol. The summed E-state index contributed by atoms with van der Waals surface area (Å²) < 4.78 is 2.06. The third kappa shape index (κ3) is 1.90. The molecule has 4 rings (SSSR count). The average Bonchev–Trinajstić information content (AvgIpc) is 2.79. The largest absolute Gasteiger partial charge is 0.237 e. The predicted octanol–water partition coefficient (Wildman–Crippen LogP) is 3.67. The first-order valence-electron chi connectivity index (χ1n) is 7.34. The zero-order valence-electron chi connectivity index (χ0n) is 11.4. The van der Waals surface area contributed by atoms with Crippen molar-refractivity contribution in [2.24, 2.45) is 0 Å². The molecule has 0 amide bonds. The van der Waals surface area contributed by atoms with Crippen molar-refractivity contribution in [1.29, 1.82) is 0 Å². The predicted molar refractivity (Wildman–Crippen MR) is 79.7 cm³/mol. The van der Waals surface area contributed by atoms with Crippen LogP contribution in [0, 0.1) is 0 Å². The van der Waals surface area contributed by atoms with E-state index in [4.69, 9.17) is 5.10 Å². The molecule has 2 heterocycles. The summed E-state index contributed by atoms with van der Waals surface area (Å²) in [6, 6.07) is 12.4. The number of rotatable bonds is 1. The SMILES string of the molecule is c1ccc(-c2cc3ncc4c(n3n2)CCCCC4)cc1. The first-order chi connectivity index (χ1) is 9.92. The van der Waals surface area contributed by atoms with Gasteiger partial charge >= 0.3 is 0 Å². The van der Waals surface area contributed by atoms with Gasteiger partial charge in [-0.1, -0.05) is 36.8 Å². The summed E-state index contributed by atoms with van der Waals surface area (Å²) >= 11 is 0. The van der Waals surface area contributed by atoms with Crippen molar-refractivity contribution in [3.8, 4) is 11.3 Å². The maximum absolute atomic E-state index is 4.79. The Hall–Kier alpha value is -2.16. The Labute approximate surface area is 118 Å². The van der Waals surface area contributed by atoms with Crippen molar-refractivity contribution in [1.82, 2.24) is 14.6 Å². The standard InChI is InChI=1S/C17H17N3/c1-3-7-13(8-4-1)15-11-17-18-12-14-9-5-2-6-10-16(14)20(17)19-15/h1,3-4,7-8,11-12H,2,5-6,9-10H2. The van der Waals surface area contributed by atoms with Crippen LogP contribution in [0.5, 0.6) is 0 Å². The maximum atomic E-state index is 4.79. The molecule has 3 nitrogen and oxygen atoms in total. The van der Waals surface area contributed by atoms with Gasteiger partial charge in [-0.05, 0) is 31.2 Å². The lowest BCUT2D eigenvalue weighted by Gasteiger charge is -2.06. The summed E-state index contributed by atoms with van der Waals surface area (Å²) in [5, 5.41) is 4.79. The molecule has 0 aliphatic heterocycles. The van der Waals surface area contributed by atoms with Crippen molar-refractivity contribution in [2.45, 2.75) is 32.1 Å². The van der Waals surface area contributed by atoms with Crippen LogP contribution < -0.4 is 0 Å². The quantitative estimate of drug-likeness (QED) is 0.627. The Morgan fingerprint density at radius 1 is 0.950 bits per heavy atom. The van der Waals surface area contributed by atoms with Gasteiger partial charge in [0.15, 0.2) is 5.65 Å². The lowest BCUT2D eigenvalue weighted by molar-refractivity contribution is 0.702. The third-order valence-corrected chi connectivity index (χ3v) is 4.10. The first kappa shape index (κ1) is 11.6. The molecule has 2 aromatic heterocycles. The van der Waals surface area contributed by atoms with Gasteiger partial charge in [-0.25, -0.2) is 9.50 Å². The summed E-state index contributed by atoms with van der Waals surface area (Å²) in [6.45, 7) is 0. The fourth-order valence-electron chi connectivity index (χ4n) is 3.03. The Kier molecular flexibility index (Phi) is 2.76. The van der Waals surface area contributed by atoms with Crippen LogP contribution in [0.15, 0.2) is 42.6 Å². The molecule has 100 valence electrons. The lowest BCUT2D eigenvalue weighted by atomic mass is 10.1. The molecule has 0 unspecified atom stereocenters. The van der Waals surface area contributed by atoms with Gasteiger partial charge in [-0.2, -0.15) is 5.10 Å². The second-order valence-electron chi connectivity index (χ2n) is 5.46. The highest BCUT2D eigenvalue weighted by Crippen LogP contribution is 2.24. The summed E-state index contributed by atoms with van der Waals surface area (Å²) in [5.74, 6) is 0. The molecule has 0 saturated carbocycles. The second-order valence-corrected chi connectivity index (χ2v) is 5.46. The molecule has 0 saturated heterocycles. The van der Waals surface area contributed by atoms with Crippen LogP contribution in [0.3, 0.4) is 0 Å². The minimum Gasteiger partial charge on any atom is -0.237 e. The number of aromatic nitrogens is 3. The molecule has 0 atom stereocenters. The summed E-state index contributed by atoms with van der Waals surface area (Å²) in [7, 11) is 0. The maximum Gasteiger partial charge on any atom is 0.155 e. The first-order valence-corrected chi connectivity index (χ1v) is 7.34. The van der Waals surface area contributed by atoms with Gasteiger partial charge in [0.05, 0.1) is 5.69 Å². The van der Waals surface area contributed by atoms with Gasteiger partial charge in [0.2, 0.25) is 0 Å². The Morgan fingerprint density at radius 3 is 2.70 bits per heavy atom. The van der Waals surface area contributed by atoms with E-state index in [0.29, 0.717) is 0 Å². The van der Waals surface area contributed by atoms with Gasteiger partial charge in [0.25, 0.3) is 0 Å². The summed E-state index contributed by atoms with van der Waals surface area (Å²) in [5.41, 5.74) is 5.85. The normalized spacial score (nSPS) is 15.0. The van der Waals surface area contributed by atoms with Crippen LogP contribution in [0.4, 0.5) is 0 Å². The van der Waals surface area contributed by atoms with E-state index >= 15 is 0 Å². The number of fused-ring (bicyclic) bond motifs is 3. The van der Waals surface area contributed by atoms with E-state index in [2.05, 4.69) is 27.7 Å². The van der Waals surface area contributed by atoms with Crippen LogP contribution >= 0.6 is 0 Å². The smallest absolute Gasteiger partial charge is 0.155 e. The van der Waals surface area contributed by atoms with E-state index in [1.54, 1.807) is 0 Å². The van der Waals surface area contributed by atoms with Crippen LogP contribution in [0.1, 0.15) is 30.5 Å². The molecule has 3 aromatic rings. The van der Waals surface area contributed by atoms with E-state index < -0.39 is 0 Å². The van der Waals surface area contributed by atoms with E-state index in [1.165, 1.54) is 30.5 Å². The van der Waals surface area contributed by atoms with Crippen molar-refractivity contribution >= 4 is 5.65 Å². The number of aryl methyl sites for hydroxylation is 2. The zero-order valence-corrected chi connectivity index (χ0v) is 11.4. The molecule has 0 radical (unpaired) electrons. The Balaban J connectivity index is 1.89. The monoisotopic (exact) mass is 263 g/mol. The minimum absolute atomic E-state index is 0.963. The van der Waals surface area contributed by atoms with Crippen LogP contribution in [-0.2, 0) is 12.8 Å². The molecule has 0 bridgehead atoms. The Morgan fingerprint density at radius 2 is 1.80 bits per heavy atom. The van der Waals surface area contributed by atoms with Gasteiger partial charge in [0.1, 0.15) is 0 Å². The minimum atomic E-state index is 0.963. The molecule has 0 spiro atoms. The number of benzene rings is 1. The Bertz CT molecular complexity index is 744. The van der Waals surface area contributed by atoms with Crippen molar-refractivity contribution in [2.75, 3.05) is 0 Å². The van der Waals surface area contributed by atoms with Gasteiger partial charge in [-0.15, -0.1) is 0 Å². The third-order valence-electron chi connectivity index (χ3n) is 4.10. The van der Waals surface area contributed by atoms with Gasteiger partial charge < -0.3 is 0 Å². The molecular weight excluding hydrogens is 246 g/mol. The second kappa shape index (κ2) is 4.75. The molecule has 1 aromatic carbocycles. The molecule has 1 aliphatic carbocycles. The highest BCUT2D eigenvalue weighted by molar-refractivity contribution is 5.64. The van der Waals surface area contributed by atoms with Gasteiger partial charge in [0, 0.05) is 23.5 Å². The molecule has 1 aliphatic rings. The summed E-state index contributed by atoms with van der Waals surface area (Å²) in [6.07, 6.45) is 8.14. The van der Waals surface area contributed by atoms with Crippen LogP contribution in [0.25, 0.3) is 16.9 Å². The molecule has 20 heavy (non-hydrogen) atoms. The number of nitrogens with zero attached hydrogens (tertiary/aromatic N) is 3. The molecular formula is C17H17N3. The fraction of sp³-hybridized carbons (Fsp3) is 0.294. The lowest BCUT2D eigenvalue weighted by Crippen LogP contribution is -2.04. The summed E-state index contributed by atoms with van der Waals surface area (Å²) in [4.78, 5) is 4.58. The zero-order chi connectivity index (χ0) is 13.4. The topological polar surface area (TPSA) is 30.2 Å². The molecule has 0 N–H and O–H groups in total. The van der Waals surface area contributed by atoms with E-state index in [-0.39, 0.29) is 0 Å². The molecule has 0 fully saturated rings. The van der Waals surface area contributed by atoms with E-state index in [9.17, 15) is 0 Å². The number of hydrogen-bond acceptors (Lipinski definition) is 2. The van der Waals surface area contributed by atoms with Crippen LogP contribution in [0.2, 0.25) is 0 Å². The van der Waals surface area contributed by atoms with Crippen molar-refractivity contribution < 1.29 is 0 Å². The van der Waals surface area contributed by atoms with Crippen LogP contribution in [-0.4, -0.2) is 14.6 Å². The van der Waals surface area contributed by atoms with E-state index in [0.717, 1.165) is 29.7 Å². The fourth-order valence-corrected chi connectivity index (χ4v) is 3.03. The van der Waals surface area contributed by atoms with Gasteiger partial charge in [-0.3, -0.25) is 0 Å². The van der Waals surface area contributed by atoms with E-state index in [1.807, 2.05) is 24.4 Å². The highest BCUT2D eigenvalue weighted by Gasteiger charge is 2.14. The highest BCUT2D eigenvalue weighted by atomic mass is 15.3. The van der Waals surface area contributed by atoms with Crippen molar-refractivity contribution in [3.63, 3.8) is 0 Å². The number of hydrogen-bond donors (Lipinski definition) is 0. The molecule has 3 heteroatoms.